The zero-order valence-electron chi connectivity index (χ0n) is 24.1. The van der Waals surface area contributed by atoms with Crippen LogP contribution in [0.15, 0.2) is 82.4 Å². The Morgan fingerprint density at radius 2 is 1.77 bits per heavy atom. The summed E-state index contributed by atoms with van der Waals surface area (Å²) in [4.78, 5) is 28.6. The maximum absolute atomic E-state index is 13.8. The summed E-state index contributed by atoms with van der Waals surface area (Å²) in [5.74, 6) is -0.557. The van der Waals surface area contributed by atoms with Gasteiger partial charge in [-0.15, -0.1) is 11.3 Å². The van der Waals surface area contributed by atoms with Gasteiger partial charge in [0.15, 0.2) is 5.75 Å². The number of para-hydroxylation sites is 1. The van der Waals surface area contributed by atoms with Gasteiger partial charge in [-0.05, 0) is 42.0 Å². The molecule has 3 N–H and O–H groups in total. The second kappa shape index (κ2) is 12.7. The zero-order chi connectivity index (χ0) is 30.7. The van der Waals surface area contributed by atoms with Crippen LogP contribution in [0, 0.1) is 5.92 Å². The third-order valence-electron chi connectivity index (χ3n) is 7.57. The molecule has 12 heteroatoms. The first-order valence-electron chi connectivity index (χ1n) is 13.9. The van der Waals surface area contributed by atoms with E-state index in [1.807, 2.05) is 43.3 Å². The number of carbonyl (C=O) groups excluding carboxylic acids is 2. The number of thiophene rings is 1. The number of benzene rings is 3. The number of hydrogen-bond acceptors (Lipinski definition) is 7. The predicted octanol–water partition coefficient (Wildman–Crippen LogP) is 5.09. The molecule has 0 aliphatic carbocycles. The number of likely N-dealkylation sites (N-methyl/N-ethyl adjacent to an activating group) is 1. The molecule has 5 rings (SSSR count). The lowest BCUT2D eigenvalue weighted by Gasteiger charge is -2.38. The van der Waals surface area contributed by atoms with Crippen LogP contribution in [0.3, 0.4) is 0 Å². The number of sulfonamides is 1. The molecule has 226 valence electrons. The molecule has 3 atom stereocenters. The van der Waals surface area contributed by atoms with E-state index in [1.165, 1.54) is 11.4 Å². The second-order valence-electron chi connectivity index (χ2n) is 10.6. The van der Waals surface area contributed by atoms with Gasteiger partial charge < -0.3 is 25.4 Å². The summed E-state index contributed by atoms with van der Waals surface area (Å²) in [5, 5.41) is 19.2. The number of nitrogens with zero attached hydrogens (tertiary/aromatic N) is 2. The van der Waals surface area contributed by atoms with E-state index in [0.29, 0.717) is 5.69 Å². The number of anilines is 2. The van der Waals surface area contributed by atoms with Crippen molar-refractivity contribution in [2.45, 2.75) is 30.2 Å². The van der Waals surface area contributed by atoms with Crippen LogP contribution in [-0.2, 0) is 10.0 Å². The fraction of sp³-hybridized carbons (Fsp3) is 0.290. The van der Waals surface area contributed by atoms with Crippen LogP contribution in [0.2, 0.25) is 0 Å². The first kappa shape index (κ1) is 30.5. The summed E-state index contributed by atoms with van der Waals surface area (Å²) in [5.41, 5.74) is 1.06. The van der Waals surface area contributed by atoms with Crippen molar-refractivity contribution < 1.29 is 27.9 Å². The highest BCUT2D eigenvalue weighted by Gasteiger charge is 2.36. The summed E-state index contributed by atoms with van der Waals surface area (Å²) in [6.45, 7) is 3.59. The van der Waals surface area contributed by atoms with Crippen molar-refractivity contribution in [3.8, 4) is 5.75 Å². The number of hydrogen-bond donors (Lipinski definition) is 3. The van der Waals surface area contributed by atoms with E-state index in [1.54, 1.807) is 53.6 Å². The number of amides is 3. The molecule has 1 aliphatic heterocycles. The van der Waals surface area contributed by atoms with Crippen LogP contribution in [0.1, 0.15) is 24.2 Å². The van der Waals surface area contributed by atoms with Gasteiger partial charge in [0.05, 0.1) is 36.1 Å². The summed E-state index contributed by atoms with van der Waals surface area (Å²) < 4.78 is 34.4. The van der Waals surface area contributed by atoms with Gasteiger partial charge in [-0.25, -0.2) is 13.2 Å². The average Bonchev–Trinajstić information content (AvgIpc) is 3.55. The van der Waals surface area contributed by atoms with Gasteiger partial charge in [0.25, 0.3) is 15.9 Å². The van der Waals surface area contributed by atoms with E-state index < -0.39 is 28.2 Å². The van der Waals surface area contributed by atoms with Crippen LogP contribution in [0.25, 0.3) is 10.8 Å². The van der Waals surface area contributed by atoms with Crippen molar-refractivity contribution in [2.24, 2.45) is 5.92 Å². The third kappa shape index (κ3) is 6.37. The van der Waals surface area contributed by atoms with Crippen molar-refractivity contribution in [3.05, 3.63) is 83.7 Å². The maximum atomic E-state index is 13.8. The van der Waals surface area contributed by atoms with Gasteiger partial charge in [-0.3, -0.25) is 4.79 Å². The van der Waals surface area contributed by atoms with E-state index in [9.17, 15) is 23.1 Å². The number of rotatable bonds is 8. The number of fused-ring (bicyclic) bond motifs is 2. The van der Waals surface area contributed by atoms with Crippen molar-refractivity contribution in [1.29, 1.82) is 0 Å². The minimum absolute atomic E-state index is 0.00703. The number of aliphatic hydroxyl groups is 1. The number of nitrogens with one attached hydrogen (secondary N) is 2. The molecule has 3 aromatic carbocycles. The SMILES string of the molecule is C[C@@H]1CN([C@@H](C)CO)C(=O)c2cccc(NC(=O)Nc3cccc4ccccc34)c2O[C@@H]1CN(C)S(=O)(=O)c1cccs1. The number of aliphatic hydroxyl groups excluding tert-OH is 1. The van der Waals surface area contributed by atoms with Crippen molar-refractivity contribution >= 4 is 55.4 Å². The van der Waals surface area contributed by atoms with Crippen molar-refractivity contribution in [1.82, 2.24) is 9.21 Å². The van der Waals surface area contributed by atoms with E-state index in [0.717, 1.165) is 22.1 Å². The molecule has 0 spiro atoms. The lowest BCUT2D eigenvalue weighted by atomic mass is 9.99. The molecule has 1 aliphatic rings. The van der Waals surface area contributed by atoms with Crippen molar-refractivity contribution in [3.63, 3.8) is 0 Å². The minimum Gasteiger partial charge on any atom is -0.486 e. The molecular formula is C31H34N4O6S2. The molecule has 0 fully saturated rings. The highest BCUT2D eigenvalue weighted by Crippen LogP contribution is 2.36. The van der Waals surface area contributed by atoms with E-state index in [2.05, 4.69) is 10.6 Å². The molecular weight excluding hydrogens is 588 g/mol. The molecule has 1 aromatic heterocycles. The molecule has 0 bridgehead atoms. The Bertz CT molecular complexity index is 1720. The fourth-order valence-corrected chi connectivity index (χ4v) is 7.47. The largest absolute Gasteiger partial charge is 0.486 e. The van der Waals surface area contributed by atoms with Gasteiger partial charge in [-0.1, -0.05) is 55.5 Å². The summed E-state index contributed by atoms with van der Waals surface area (Å²) in [6.07, 6.45) is -0.691. The minimum atomic E-state index is -3.77. The molecule has 10 nitrogen and oxygen atoms in total. The Balaban J connectivity index is 1.48. The monoisotopic (exact) mass is 622 g/mol. The lowest BCUT2D eigenvalue weighted by molar-refractivity contribution is 0.0389. The van der Waals surface area contributed by atoms with Gasteiger partial charge in [0.2, 0.25) is 0 Å². The Hall–Kier alpha value is -3.97. The first-order valence-corrected chi connectivity index (χ1v) is 16.2. The molecule has 4 aromatic rings. The highest BCUT2D eigenvalue weighted by molar-refractivity contribution is 7.91. The molecule has 0 unspecified atom stereocenters. The van der Waals surface area contributed by atoms with Gasteiger partial charge in [-0.2, -0.15) is 4.31 Å². The smallest absolute Gasteiger partial charge is 0.323 e. The summed E-state index contributed by atoms with van der Waals surface area (Å²) >= 11 is 1.13. The number of carbonyl (C=O) groups is 2. The van der Waals surface area contributed by atoms with E-state index >= 15 is 0 Å². The predicted molar refractivity (Wildman–Crippen MR) is 168 cm³/mol. The van der Waals surface area contributed by atoms with Crippen LogP contribution in [-0.4, -0.2) is 73.6 Å². The molecule has 3 amide bonds. The first-order chi connectivity index (χ1) is 20.6. The quantitative estimate of drug-likeness (QED) is 0.251. The summed E-state index contributed by atoms with van der Waals surface area (Å²) in [6, 6.07) is 20.3. The maximum Gasteiger partial charge on any atom is 0.323 e. The van der Waals surface area contributed by atoms with Crippen LogP contribution in [0.4, 0.5) is 16.2 Å². The van der Waals surface area contributed by atoms with Crippen LogP contribution >= 0.6 is 11.3 Å². The zero-order valence-corrected chi connectivity index (χ0v) is 25.7. The van der Waals surface area contributed by atoms with Crippen LogP contribution in [0.5, 0.6) is 5.75 Å². The van der Waals surface area contributed by atoms with Crippen LogP contribution < -0.4 is 15.4 Å². The number of ether oxygens (including phenoxy) is 1. The molecule has 0 saturated heterocycles. The fourth-order valence-electron chi connectivity index (χ4n) is 5.09. The van der Waals surface area contributed by atoms with E-state index in [-0.39, 0.29) is 52.7 Å². The second-order valence-corrected chi connectivity index (χ2v) is 13.8. The van der Waals surface area contributed by atoms with Gasteiger partial charge in [0, 0.05) is 24.9 Å². The Kier molecular flexibility index (Phi) is 9.02. The van der Waals surface area contributed by atoms with Gasteiger partial charge >= 0.3 is 6.03 Å². The normalized spacial score (nSPS) is 18.0. The summed E-state index contributed by atoms with van der Waals surface area (Å²) in [7, 11) is -2.28. The average molecular weight is 623 g/mol. The topological polar surface area (TPSA) is 128 Å². The standard InChI is InChI=1S/C31H34N4O6S2/c1-20-17-35(21(2)19-36)30(37)24-12-7-14-26(33-31(38)32-25-13-6-10-22-9-4-5-11-23(22)25)29(24)41-27(20)18-34(3)43(39,40)28-15-8-16-42-28/h4-16,20-21,27,36H,17-19H2,1-3H3,(H2,32,33,38)/t20-,21+,27-/m1/s1. The Labute approximate surface area is 254 Å². The van der Waals surface area contributed by atoms with E-state index in [4.69, 9.17) is 4.74 Å². The van der Waals surface area contributed by atoms with Crippen molar-refractivity contribution in [2.75, 3.05) is 37.4 Å². The molecule has 2 heterocycles. The highest BCUT2D eigenvalue weighted by atomic mass is 32.2. The Morgan fingerprint density at radius 1 is 1.07 bits per heavy atom. The molecule has 43 heavy (non-hydrogen) atoms. The molecule has 0 saturated carbocycles. The third-order valence-corrected chi connectivity index (χ3v) is 10.8. The Morgan fingerprint density at radius 3 is 2.51 bits per heavy atom. The lowest BCUT2D eigenvalue weighted by Crippen LogP contribution is -2.50. The molecule has 0 radical (unpaired) electrons. The number of urea groups is 1. The van der Waals surface area contributed by atoms with Gasteiger partial charge in [0.1, 0.15) is 10.3 Å².